The maximum atomic E-state index is 12.3. The number of nitrogens with zero attached hydrogens (tertiary/aromatic N) is 2. The minimum Gasteiger partial charge on any atom is -0.399 e. The second-order valence-corrected chi connectivity index (χ2v) is 6.04. The fourth-order valence-electron chi connectivity index (χ4n) is 2.53. The number of fused-ring (bicyclic) bond motifs is 2. The molecule has 118 valence electrons. The fraction of sp³-hybridized carbons (Fsp3) is 0. The van der Waals surface area contributed by atoms with E-state index in [-0.39, 0.29) is 11.8 Å². The third kappa shape index (κ3) is 2.82. The third-order valence-corrected chi connectivity index (χ3v) is 4.35. The summed E-state index contributed by atoms with van der Waals surface area (Å²) in [4.78, 5) is 8.31. The Bertz CT molecular complexity index is 958. The van der Waals surface area contributed by atoms with Crippen LogP contribution in [0.4, 0.5) is 0 Å². The monoisotopic (exact) mass is 336 g/mol. The van der Waals surface area contributed by atoms with Crippen molar-refractivity contribution in [1.82, 2.24) is 9.97 Å². The highest BCUT2D eigenvalue weighted by Crippen LogP contribution is 2.35. The van der Waals surface area contributed by atoms with E-state index in [1.165, 1.54) is 0 Å². The van der Waals surface area contributed by atoms with Crippen molar-refractivity contribution >= 4 is 29.8 Å². The zero-order valence-electron chi connectivity index (χ0n) is 12.5. The predicted molar refractivity (Wildman–Crippen MR) is 93.7 cm³/mol. The number of benzene rings is 2. The van der Waals surface area contributed by atoms with Crippen molar-refractivity contribution in [3.8, 4) is 11.8 Å². The predicted octanol–water partition coefficient (Wildman–Crippen LogP) is 4.63. The van der Waals surface area contributed by atoms with E-state index in [0.717, 1.165) is 21.5 Å². The normalized spacial score (nSPS) is 11.0. The Morgan fingerprint density at radius 2 is 1.12 bits per heavy atom. The number of hydrogen-bond donors (Lipinski definition) is 0. The summed E-state index contributed by atoms with van der Waals surface area (Å²) in [5.41, 5.74) is 0. The van der Waals surface area contributed by atoms with Crippen molar-refractivity contribution in [1.29, 1.82) is 0 Å². The van der Waals surface area contributed by atoms with Crippen LogP contribution in [-0.4, -0.2) is 9.97 Å². The molecular formula is C18H13N2O3P. The minimum absolute atomic E-state index is 0.289. The van der Waals surface area contributed by atoms with E-state index >= 15 is 0 Å². The van der Waals surface area contributed by atoms with Crippen LogP contribution in [0, 0.1) is 0 Å². The van der Waals surface area contributed by atoms with Crippen LogP contribution in [0.3, 0.4) is 0 Å². The molecule has 0 atom stereocenters. The molecular weight excluding hydrogens is 323 g/mol. The van der Waals surface area contributed by atoms with Gasteiger partial charge in [0.05, 0.1) is 0 Å². The summed E-state index contributed by atoms with van der Waals surface area (Å²) < 4.78 is 23.2. The minimum atomic E-state index is -2.85. The molecule has 2 aromatic heterocycles. The maximum Gasteiger partial charge on any atom is 0.421 e. The lowest BCUT2D eigenvalue weighted by atomic mass is 10.2. The summed E-state index contributed by atoms with van der Waals surface area (Å²) in [6, 6.07) is 18.9. The Kier molecular flexibility index (Phi) is 3.85. The smallest absolute Gasteiger partial charge is 0.399 e. The summed E-state index contributed by atoms with van der Waals surface area (Å²) >= 11 is 0. The van der Waals surface area contributed by atoms with Gasteiger partial charge in [0.1, 0.15) is 0 Å². The molecule has 0 N–H and O–H groups in total. The van der Waals surface area contributed by atoms with Crippen molar-refractivity contribution in [3.05, 3.63) is 73.1 Å². The highest BCUT2D eigenvalue weighted by atomic mass is 31.1. The molecule has 6 heteroatoms. The van der Waals surface area contributed by atoms with Crippen LogP contribution < -0.4 is 9.05 Å². The van der Waals surface area contributed by atoms with Gasteiger partial charge >= 0.3 is 8.25 Å². The van der Waals surface area contributed by atoms with E-state index in [9.17, 15) is 4.57 Å². The molecule has 0 saturated heterocycles. The lowest BCUT2D eigenvalue weighted by Crippen LogP contribution is -1.94. The quantitative estimate of drug-likeness (QED) is 0.509. The van der Waals surface area contributed by atoms with Gasteiger partial charge in [-0.05, 0) is 35.0 Å². The van der Waals surface area contributed by atoms with Crippen molar-refractivity contribution in [2.45, 2.75) is 0 Å². The molecule has 0 aliphatic heterocycles. The molecule has 0 aliphatic rings. The highest BCUT2D eigenvalue weighted by Gasteiger charge is 2.11. The second kappa shape index (κ2) is 6.30. The van der Waals surface area contributed by atoms with Crippen molar-refractivity contribution in [3.63, 3.8) is 0 Å². The molecule has 24 heavy (non-hydrogen) atoms. The molecule has 0 unspecified atom stereocenters. The van der Waals surface area contributed by atoms with Gasteiger partial charge in [-0.15, -0.1) is 0 Å². The van der Waals surface area contributed by atoms with E-state index in [4.69, 9.17) is 9.05 Å². The number of aromatic nitrogens is 2. The second-order valence-electron chi connectivity index (χ2n) is 5.13. The first kappa shape index (κ1) is 14.7. The maximum absolute atomic E-state index is 12.3. The zero-order valence-corrected chi connectivity index (χ0v) is 13.5. The number of pyridine rings is 2. The van der Waals surface area contributed by atoms with E-state index < -0.39 is 8.25 Å². The Morgan fingerprint density at radius 1 is 0.667 bits per heavy atom. The van der Waals surface area contributed by atoms with Crippen LogP contribution >= 0.6 is 8.25 Å². The number of rotatable bonds is 4. The Hall–Kier alpha value is -2.91. The molecule has 0 fully saturated rings. The van der Waals surface area contributed by atoms with Gasteiger partial charge in [-0.1, -0.05) is 36.4 Å². The van der Waals surface area contributed by atoms with Crippen LogP contribution in [0.15, 0.2) is 73.1 Å². The molecule has 0 radical (unpaired) electrons. The first-order valence-corrected chi connectivity index (χ1v) is 8.61. The lowest BCUT2D eigenvalue weighted by molar-refractivity contribution is 0.407. The van der Waals surface area contributed by atoms with E-state index in [0.29, 0.717) is 0 Å². The lowest BCUT2D eigenvalue weighted by Gasteiger charge is -2.10. The molecule has 4 rings (SSSR count). The molecule has 0 saturated carbocycles. The van der Waals surface area contributed by atoms with Crippen LogP contribution in [0.25, 0.3) is 21.5 Å². The highest BCUT2D eigenvalue weighted by molar-refractivity contribution is 7.34. The SMILES string of the molecule is O=[PH](Oc1nccc2ccccc12)Oc1nccc2ccccc12. The molecule has 0 amide bonds. The van der Waals surface area contributed by atoms with Gasteiger partial charge in [0.15, 0.2) is 0 Å². The van der Waals surface area contributed by atoms with Gasteiger partial charge < -0.3 is 9.05 Å². The molecule has 2 aromatic carbocycles. The summed E-state index contributed by atoms with van der Waals surface area (Å²) in [5.74, 6) is 0.578. The standard InChI is InChI=1S/C18H13N2O3P/c21-24(22-17-15-7-3-1-5-13(15)9-11-19-17)23-18-16-8-4-2-6-14(16)10-12-20-18/h1-12,24H. The number of hydrogen-bond acceptors (Lipinski definition) is 5. The molecule has 0 bridgehead atoms. The first-order valence-electron chi connectivity index (χ1n) is 7.38. The van der Waals surface area contributed by atoms with Gasteiger partial charge in [-0.25, -0.2) is 14.5 Å². The summed E-state index contributed by atoms with van der Waals surface area (Å²) in [5, 5.41) is 3.49. The van der Waals surface area contributed by atoms with E-state index in [2.05, 4.69) is 9.97 Å². The average molecular weight is 336 g/mol. The van der Waals surface area contributed by atoms with Gasteiger partial charge in [-0.2, -0.15) is 0 Å². The fourth-order valence-corrected chi connectivity index (χ4v) is 3.21. The van der Waals surface area contributed by atoms with Crippen molar-refractivity contribution < 1.29 is 13.6 Å². The van der Waals surface area contributed by atoms with Crippen LogP contribution in [0.2, 0.25) is 0 Å². The van der Waals surface area contributed by atoms with Gasteiger partial charge in [0.2, 0.25) is 11.8 Å². The Labute approximate surface area is 138 Å². The zero-order chi connectivity index (χ0) is 16.4. The Balaban J connectivity index is 1.62. The summed E-state index contributed by atoms with van der Waals surface area (Å²) in [6.07, 6.45) is 3.23. The van der Waals surface area contributed by atoms with Crippen LogP contribution in [0.1, 0.15) is 0 Å². The van der Waals surface area contributed by atoms with Gasteiger partial charge in [-0.3, -0.25) is 0 Å². The van der Waals surface area contributed by atoms with Crippen LogP contribution in [-0.2, 0) is 4.57 Å². The van der Waals surface area contributed by atoms with E-state index in [1.807, 2.05) is 60.7 Å². The largest absolute Gasteiger partial charge is 0.421 e. The Morgan fingerprint density at radius 3 is 1.62 bits per heavy atom. The summed E-state index contributed by atoms with van der Waals surface area (Å²) in [7, 11) is -2.85. The van der Waals surface area contributed by atoms with Gasteiger partial charge in [0.25, 0.3) is 0 Å². The van der Waals surface area contributed by atoms with Crippen molar-refractivity contribution in [2.24, 2.45) is 0 Å². The molecule has 5 nitrogen and oxygen atoms in total. The topological polar surface area (TPSA) is 61.3 Å². The third-order valence-electron chi connectivity index (χ3n) is 3.63. The molecule has 0 spiro atoms. The first-order chi connectivity index (χ1) is 11.8. The average Bonchev–Trinajstić information content (AvgIpc) is 2.62. The summed E-state index contributed by atoms with van der Waals surface area (Å²) in [6.45, 7) is 0. The molecule has 4 aromatic rings. The molecule has 0 aliphatic carbocycles. The van der Waals surface area contributed by atoms with Gasteiger partial charge in [0, 0.05) is 23.2 Å². The van der Waals surface area contributed by atoms with E-state index in [1.54, 1.807) is 12.4 Å². The van der Waals surface area contributed by atoms with Crippen LogP contribution in [0.5, 0.6) is 11.8 Å². The van der Waals surface area contributed by atoms with Crippen molar-refractivity contribution in [2.75, 3.05) is 0 Å². The molecule has 2 heterocycles.